The van der Waals surface area contributed by atoms with Gasteiger partial charge in [0.15, 0.2) is 0 Å². The highest BCUT2D eigenvalue weighted by molar-refractivity contribution is 6.16. The first-order chi connectivity index (χ1) is 16.4. The monoisotopic (exact) mass is 459 g/mol. The molecule has 8 heteroatoms. The number of benzene rings is 3. The first kappa shape index (κ1) is 22.7. The zero-order chi connectivity index (χ0) is 24.1. The fraction of sp³-hybridized carbons (Fsp3) is 0.115. The summed E-state index contributed by atoms with van der Waals surface area (Å²) in [5.74, 6) is -1.02. The van der Waals surface area contributed by atoms with Crippen molar-refractivity contribution in [1.82, 2.24) is 10.2 Å². The van der Waals surface area contributed by atoms with Crippen LogP contribution in [-0.4, -0.2) is 29.3 Å². The molecule has 0 atom stereocenters. The van der Waals surface area contributed by atoms with Crippen LogP contribution in [0.3, 0.4) is 0 Å². The fourth-order valence-corrected chi connectivity index (χ4v) is 3.37. The van der Waals surface area contributed by atoms with E-state index in [1.807, 2.05) is 19.1 Å². The average Bonchev–Trinajstić information content (AvgIpc) is 3.07. The molecule has 0 bridgehead atoms. The largest absolute Gasteiger partial charge is 0.488 e. The second kappa shape index (κ2) is 9.99. The molecule has 3 aromatic rings. The molecule has 0 saturated carbocycles. The zero-order valence-electron chi connectivity index (χ0n) is 18.4. The molecule has 0 aliphatic carbocycles. The summed E-state index contributed by atoms with van der Waals surface area (Å²) in [6.45, 7) is 1.63. The van der Waals surface area contributed by atoms with Gasteiger partial charge in [-0.05, 0) is 48.9 Å². The predicted octanol–water partition coefficient (Wildman–Crippen LogP) is 4.24. The zero-order valence-corrected chi connectivity index (χ0v) is 18.4. The lowest BCUT2D eigenvalue weighted by Gasteiger charge is -2.12. The lowest BCUT2D eigenvalue weighted by Crippen LogP contribution is -2.38. The van der Waals surface area contributed by atoms with Gasteiger partial charge in [-0.2, -0.15) is 0 Å². The maximum atomic E-state index is 13.4. The van der Waals surface area contributed by atoms with Gasteiger partial charge in [0.2, 0.25) is 5.91 Å². The minimum absolute atomic E-state index is 0.0231. The smallest absolute Gasteiger partial charge is 0.329 e. The molecule has 7 nitrogen and oxygen atoms in total. The Morgan fingerprint density at radius 1 is 1.06 bits per heavy atom. The number of hydrogen-bond donors (Lipinski definition) is 2. The number of halogens is 1. The molecule has 1 aliphatic rings. The number of amides is 4. The van der Waals surface area contributed by atoms with Crippen molar-refractivity contribution in [2.45, 2.75) is 13.5 Å². The number of ether oxygens (including phenoxy) is 1. The van der Waals surface area contributed by atoms with Crippen LogP contribution in [0.2, 0.25) is 0 Å². The van der Waals surface area contributed by atoms with E-state index in [4.69, 9.17) is 4.74 Å². The van der Waals surface area contributed by atoms with Gasteiger partial charge in [0, 0.05) is 11.3 Å². The molecule has 0 unspecified atom stereocenters. The number of nitrogens with one attached hydrogen (secondary N) is 2. The quantitative estimate of drug-likeness (QED) is 0.409. The number of rotatable bonds is 7. The molecular weight excluding hydrogens is 437 g/mol. The van der Waals surface area contributed by atoms with E-state index in [9.17, 15) is 18.8 Å². The normalized spacial score (nSPS) is 14.3. The fourth-order valence-electron chi connectivity index (χ4n) is 3.37. The number of carbonyl (C=O) groups is 3. The Kier molecular flexibility index (Phi) is 6.68. The van der Waals surface area contributed by atoms with Gasteiger partial charge in [0.1, 0.15) is 30.4 Å². The van der Waals surface area contributed by atoms with Crippen molar-refractivity contribution in [3.05, 3.63) is 101 Å². The maximum absolute atomic E-state index is 13.4. The van der Waals surface area contributed by atoms with Crippen LogP contribution >= 0.6 is 0 Å². The molecule has 4 rings (SSSR count). The summed E-state index contributed by atoms with van der Waals surface area (Å²) in [5, 5.41) is 5.17. The summed E-state index contributed by atoms with van der Waals surface area (Å²) in [4.78, 5) is 38.3. The van der Waals surface area contributed by atoms with Gasteiger partial charge in [0.05, 0.1) is 0 Å². The van der Waals surface area contributed by atoms with E-state index in [-0.39, 0.29) is 18.1 Å². The molecule has 3 aromatic carbocycles. The van der Waals surface area contributed by atoms with Gasteiger partial charge in [0.25, 0.3) is 5.91 Å². The van der Waals surface area contributed by atoms with Crippen LogP contribution in [-0.2, 0) is 16.2 Å². The molecule has 1 heterocycles. The van der Waals surface area contributed by atoms with Gasteiger partial charge in [-0.1, -0.05) is 48.0 Å². The number of imide groups is 1. The van der Waals surface area contributed by atoms with Crippen LogP contribution in [0.1, 0.15) is 16.7 Å². The first-order valence-corrected chi connectivity index (χ1v) is 10.6. The summed E-state index contributed by atoms with van der Waals surface area (Å²) >= 11 is 0. The molecule has 0 spiro atoms. The number of hydrogen-bond acceptors (Lipinski definition) is 4. The van der Waals surface area contributed by atoms with Gasteiger partial charge >= 0.3 is 6.03 Å². The van der Waals surface area contributed by atoms with Gasteiger partial charge in [-0.15, -0.1) is 0 Å². The molecule has 34 heavy (non-hydrogen) atoms. The highest BCUT2D eigenvalue weighted by Crippen LogP contribution is 2.24. The molecular formula is C26H22FN3O4. The number of urea groups is 1. The van der Waals surface area contributed by atoms with Gasteiger partial charge in [-0.3, -0.25) is 9.59 Å². The Balaban J connectivity index is 1.44. The summed E-state index contributed by atoms with van der Waals surface area (Å²) < 4.78 is 19.2. The molecule has 1 saturated heterocycles. The molecule has 1 aliphatic heterocycles. The Labute approximate surface area is 195 Å². The lowest BCUT2D eigenvalue weighted by molar-refractivity contribution is -0.127. The summed E-state index contributed by atoms with van der Waals surface area (Å²) in [6, 6.07) is 19.5. The van der Waals surface area contributed by atoms with E-state index < -0.39 is 24.4 Å². The average molecular weight is 459 g/mol. The highest BCUT2D eigenvalue weighted by Gasteiger charge is 2.35. The third-order valence-electron chi connectivity index (χ3n) is 5.10. The lowest BCUT2D eigenvalue weighted by atomic mass is 10.1. The third kappa shape index (κ3) is 5.47. The molecule has 1 fully saturated rings. The Hall–Kier alpha value is -4.46. The topological polar surface area (TPSA) is 87.7 Å². The van der Waals surface area contributed by atoms with E-state index in [1.165, 1.54) is 18.2 Å². The van der Waals surface area contributed by atoms with Crippen LogP contribution < -0.4 is 15.4 Å². The maximum Gasteiger partial charge on any atom is 0.329 e. The highest BCUT2D eigenvalue weighted by atomic mass is 19.1. The van der Waals surface area contributed by atoms with Crippen molar-refractivity contribution in [3.63, 3.8) is 0 Å². The standard InChI is InChI=1S/C26H22FN3O4/c1-17-9-11-21(12-10-17)28-24(31)15-30-25(32)22(29-26(30)33)14-19-6-2-3-8-23(19)34-16-18-5-4-7-20(27)13-18/h2-14H,15-16H2,1H3,(H,28,31)(H,29,33)/b22-14+. The van der Waals surface area contributed by atoms with Crippen molar-refractivity contribution in [1.29, 1.82) is 0 Å². The van der Waals surface area contributed by atoms with Crippen LogP contribution in [0.5, 0.6) is 5.75 Å². The summed E-state index contributed by atoms with van der Waals surface area (Å²) in [6.07, 6.45) is 1.49. The predicted molar refractivity (Wildman–Crippen MR) is 125 cm³/mol. The number of anilines is 1. The number of carbonyl (C=O) groups excluding carboxylic acids is 3. The van der Waals surface area contributed by atoms with Gasteiger partial charge < -0.3 is 15.4 Å². The van der Waals surface area contributed by atoms with E-state index in [1.54, 1.807) is 48.5 Å². The van der Waals surface area contributed by atoms with E-state index >= 15 is 0 Å². The number of para-hydroxylation sites is 1. The van der Waals surface area contributed by atoms with E-state index in [2.05, 4.69) is 10.6 Å². The van der Waals surface area contributed by atoms with Crippen molar-refractivity contribution in [2.75, 3.05) is 11.9 Å². The summed E-state index contributed by atoms with van der Waals surface area (Å²) in [5.41, 5.74) is 2.84. The Morgan fingerprint density at radius 3 is 2.59 bits per heavy atom. The third-order valence-corrected chi connectivity index (χ3v) is 5.10. The van der Waals surface area contributed by atoms with Crippen molar-refractivity contribution >= 4 is 29.6 Å². The van der Waals surface area contributed by atoms with Crippen molar-refractivity contribution in [2.24, 2.45) is 0 Å². The van der Waals surface area contributed by atoms with Crippen LogP contribution in [0.25, 0.3) is 6.08 Å². The molecule has 0 radical (unpaired) electrons. The minimum atomic E-state index is -0.687. The Morgan fingerprint density at radius 2 is 1.82 bits per heavy atom. The van der Waals surface area contributed by atoms with E-state index in [0.717, 1.165) is 10.5 Å². The van der Waals surface area contributed by atoms with Crippen molar-refractivity contribution < 1.29 is 23.5 Å². The van der Waals surface area contributed by atoms with Crippen LogP contribution in [0, 0.1) is 12.7 Å². The first-order valence-electron chi connectivity index (χ1n) is 10.6. The molecule has 0 aromatic heterocycles. The SMILES string of the molecule is Cc1ccc(NC(=O)CN2C(=O)N/C(=C/c3ccccc3OCc3cccc(F)c3)C2=O)cc1. The molecule has 4 amide bonds. The number of aryl methyl sites for hydroxylation is 1. The van der Waals surface area contributed by atoms with Crippen molar-refractivity contribution in [3.8, 4) is 5.75 Å². The van der Waals surface area contributed by atoms with Gasteiger partial charge in [-0.25, -0.2) is 14.1 Å². The number of nitrogens with zero attached hydrogens (tertiary/aromatic N) is 1. The minimum Gasteiger partial charge on any atom is -0.488 e. The second-order valence-electron chi connectivity index (χ2n) is 7.75. The Bertz CT molecular complexity index is 1270. The summed E-state index contributed by atoms with van der Waals surface area (Å²) in [7, 11) is 0. The van der Waals surface area contributed by atoms with E-state index in [0.29, 0.717) is 22.6 Å². The van der Waals surface area contributed by atoms with Crippen LogP contribution in [0.15, 0.2) is 78.5 Å². The molecule has 172 valence electrons. The molecule has 2 N–H and O–H groups in total. The second-order valence-corrected chi connectivity index (χ2v) is 7.75. The van der Waals surface area contributed by atoms with Crippen LogP contribution in [0.4, 0.5) is 14.9 Å².